The van der Waals surface area contributed by atoms with E-state index < -0.39 is 0 Å². The predicted octanol–water partition coefficient (Wildman–Crippen LogP) is 4.91. The molecular weight excluding hydrogens is 276 g/mol. The average Bonchev–Trinajstić information content (AvgIpc) is 2.42. The minimum atomic E-state index is 0.0462. The van der Waals surface area contributed by atoms with Crippen molar-refractivity contribution in [3.8, 4) is 0 Å². The van der Waals surface area contributed by atoms with Crippen LogP contribution in [0.1, 0.15) is 27.0 Å². The summed E-state index contributed by atoms with van der Waals surface area (Å²) in [5.74, 6) is 0.0462. The fourth-order valence-electron chi connectivity index (χ4n) is 1.92. The van der Waals surface area contributed by atoms with Crippen molar-refractivity contribution in [2.45, 2.75) is 18.7 Å². The number of hydrogen-bond acceptors (Lipinski definition) is 2. The Bertz CT molecular complexity index is 617. The van der Waals surface area contributed by atoms with Crippen LogP contribution in [0.15, 0.2) is 41.3 Å². The van der Waals surface area contributed by atoms with Crippen LogP contribution in [0, 0.1) is 13.8 Å². The van der Waals surface area contributed by atoms with Gasteiger partial charge in [0, 0.05) is 21.0 Å². The first kappa shape index (κ1) is 14.2. The molecule has 0 heterocycles. The van der Waals surface area contributed by atoms with Gasteiger partial charge in [-0.25, -0.2) is 0 Å². The lowest BCUT2D eigenvalue weighted by Crippen LogP contribution is -2.04. The molecule has 0 saturated carbocycles. The Kier molecular flexibility index (Phi) is 4.33. The summed E-state index contributed by atoms with van der Waals surface area (Å²) in [6, 6.07) is 11.4. The van der Waals surface area contributed by atoms with Crippen molar-refractivity contribution in [2.75, 3.05) is 6.26 Å². The monoisotopic (exact) mass is 290 g/mol. The molecular formula is C16H15ClOS. The van der Waals surface area contributed by atoms with Crippen LogP contribution in [0.3, 0.4) is 0 Å². The molecule has 2 aromatic rings. The van der Waals surface area contributed by atoms with Crippen molar-refractivity contribution in [3.63, 3.8) is 0 Å². The summed E-state index contributed by atoms with van der Waals surface area (Å²) < 4.78 is 0. The zero-order chi connectivity index (χ0) is 14.0. The number of ketones is 1. The molecule has 0 aliphatic heterocycles. The number of halogens is 1. The number of aryl methyl sites for hydroxylation is 2. The Morgan fingerprint density at radius 1 is 1.05 bits per heavy atom. The first-order valence-corrected chi connectivity index (χ1v) is 7.58. The number of benzene rings is 2. The molecule has 2 aromatic carbocycles. The van der Waals surface area contributed by atoms with Gasteiger partial charge in [0.15, 0.2) is 5.78 Å². The fourth-order valence-corrected chi connectivity index (χ4v) is 2.55. The third-order valence-corrected chi connectivity index (χ3v) is 4.25. The van der Waals surface area contributed by atoms with Crippen LogP contribution in [-0.4, -0.2) is 12.0 Å². The van der Waals surface area contributed by atoms with Crippen LogP contribution >= 0.6 is 23.4 Å². The molecule has 3 heteroatoms. The van der Waals surface area contributed by atoms with Gasteiger partial charge in [-0.15, -0.1) is 11.8 Å². The summed E-state index contributed by atoms with van der Waals surface area (Å²) in [4.78, 5) is 13.6. The number of carbonyl (C=O) groups excluding carboxylic acids is 1. The van der Waals surface area contributed by atoms with Gasteiger partial charge in [0.2, 0.25) is 0 Å². The van der Waals surface area contributed by atoms with Crippen LogP contribution in [-0.2, 0) is 0 Å². The molecule has 0 spiro atoms. The zero-order valence-electron chi connectivity index (χ0n) is 11.2. The van der Waals surface area contributed by atoms with E-state index in [4.69, 9.17) is 11.6 Å². The predicted molar refractivity (Wildman–Crippen MR) is 82.6 cm³/mol. The second-order valence-electron chi connectivity index (χ2n) is 4.47. The van der Waals surface area contributed by atoms with Crippen molar-refractivity contribution in [2.24, 2.45) is 0 Å². The average molecular weight is 291 g/mol. The standard InChI is InChI=1S/C16H15ClOS/c1-10-9-15(17)11(2)8-14(10)16(18)12-4-6-13(19-3)7-5-12/h4-9H,1-3H3. The van der Waals surface area contributed by atoms with E-state index in [2.05, 4.69) is 0 Å². The molecule has 0 fully saturated rings. The van der Waals surface area contributed by atoms with Crippen LogP contribution in [0.4, 0.5) is 0 Å². The van der Waals surface area contributed by atoms with Crippen LogP contribution in [0.2, 0.25) is 5.02 Å². The Balaban J connectivity index is 2.40. The highest BCUT2D eigenvalue weighted by Gasteiger charge is 2.13. The molecule has 0 aliphatic rings. The van der Waals surface area contributed by atoms with Gasteiger partial charge in [-0.3, -0.25) is 4.79 Å². The lowest BCUT2D eigenvalue weighted by molar-refractivity contribution is 0.103. The number of thioether (sulfide) groups is 1. The Labute approximate surface area is 123 Å². The quantitative estimate of drug-likeness (QED) is 0.590. The first-order chi connectivity index (χ1) is 9.02. The third-order valence-electron chi connectivity index (χ3n) is 3.10. The summed E-state index contributed by atoms with van der Waals surface area (Å²) >= 11 is 7.73. The lowest BCUT2D eigenvalue weighted by atomic mass is 9.97. The van der Waals surface area contributed by atoms with Crippen molar-refractivity contribution in [1.82, 2.24) is 0 Å². The maximum atomic E-state index is 12.5. The van der Waals surface area contributed by atoms with E-state index in [9.17, 15) is 4.79 Å². The van der Waals surface area contributed by atoms with Gasteiger partial charge in [-0.1, -0.05) is 11.6 Å². The normalized spacial score (nSPS) is 10.5. The minimum Gasteiger partial charge on any atom is -0.289 e. The maximum absolute atomic E-state index is 12.5. The van der Waals surface area contributed by atoms with Gasteiger partial charge in [0.25, 0.3) is 0 Å². The smallest absolute Gasteiger partial charge is 0.193 e. The van der Waals surface area contributed by atoms with Crippen molar-refractivity contribution in [1.29, 1.82) is 0 Å². The van der Waals surface area contributed by atoms with E-state index in [-0.39, 0.29) is 5.78 Å². The third kappa shape index (κ3) is 3.02. The maximum Gasteiger partial charge on any atom is 0.193 e. The van der Waals surface area contributed by atoms with Gasteiger partial charge < -0.3 is 0 Å². The molecule has 2 rings (SSSR count). The fraction of sp³-hybridized carbons (Fsp3) is 0.188. The zero-order valence-corrected chi connectivity index (χ0v) is 12.7. The van der Waals surface area contributed by atoms with Gasteiger partial charge >= 0.3 is 0 Å². The Morgan fingerprint density at radius 3 is 2.26 bits per heavy atom. The summed E-state index contributed by atoms with van der Waals surface area (Å²) in [7, 11) is 0. The van der Waals surface area contributed by atoms with Gasteiger partial charge in [-0.2, -0.15) is 0 Å². The van der Waals surface area contributed by atoms with Crippen LogP contribution in [0.5, 0.6) is 0 Å². The van der Waals surface area contributed by atoms with Crippen molar-refractivity contribution >= 4 is 29.1 Å². The molecule has 0 aromatic heterocycles. The summed E-state index contributed by atoms with van der Waals surface area (Å²) in [6.45, 7) is 3.82. The number of hydrogen-bond donors (Lipinski definition) is 0. The first-order valence-electron chi connectivity index (χ1n) is 5.98. The Morgan fingerprint density at radius 2 is 1.68 bits per heavy atom. The molecule has 0 amide bonds. The second-order valence-corrected chi connectivity index (χ2v) is 5.76. The van der Waals surface area contributed by atoms with E-state index in [0.717, 1.165) is 21.6 Å². The van der Waals surface area contributed by atoms with Crippen molar-refractivity contribution in [3.05, 3.63) is 63.7 Å². The molecule has 0 aliphatic carbocycles. The van der Waals surface area contributed by atoms with E-state index in [1.165, 1.54) is 0 Å². The minimum absolute atomic E-state index is 0.0462. The molecule has 1 nitrogen and oxygen atoms in total. The molecule has 0 bridgehead atoms. The summed E-state index contributed by atoms with van der Waals surface area (Å²) in [5, 5.41) is 0.701. The van der Waals surface area contributed by atoms with Crippen molar-refractivity contribution < 1.29 is 4.79 Å². The van der Waals surface area contributed by atoms with E-state index >= 15 is 0 Å². The highest BCUT2D eigenvalue weighted by atomic mass is 35.5. The highest BCUT2D eigenvalue weighted by molar-refractivity contribution is 7.98. The second kappa shape index (κ2) is 5.81. The number of carbonyl (C=O) groups is 1. The van der Waals surface area contributed by atoms with Crippen LogP contribution in [0.25, 0.3) is 0 Å². The SMILES string of the molecule is CSc1ccc(C(=O)c2cc(C)c(Cl)cc2C)cc1. The summed E-state index contributed by atoms with van der Waals surface area (Å²) in [6.07, 6.45) is 2.02. The molecule has 0 atom stereocenters. The van der Waals surface area contributed by atoms with E-state index in [1.807, 2.05) is 56.5 Å². The Hall–Kier alpha value is -1.25. The molecule has 0 radical (unpaired) electrons. The molecule has 0 saturated heterocycles. The number of rotatable bonds is 3. The molecule has 0 N–H and O–H groups in total. The van der Waals surface area contributed by atoms with Crippen LogP contribution < -0.4 is 0 Å². The van der Waals surface area contributed by atoms with E-state index in [1.54, 1.807) is 11.8 Å². The van der Waals surface area contributed by atoms with Gasteiger partial charge in [0.05, 0.1) is 0 Å². The largest absolute Gasteiger partial charge is 0.289 e. The van der Waals surface area contributed by atoms with Gasteiger partial charge in [0.1, 0.15) is 0 Å². The molecule has 98 valence electrons. The molecule has 19 heavy (non-hydrogen) atoms. The van der Waals surface area contributed by atoms with Gasteiger partial charge in [-0.05, 0) is 67.6 Å². The molecule has 0 unspecified atom stereocenters. The topological polar surface area (TPSA) is 17.1 Å². The lowest BCUT2D eigenvalue weighted by Gasteiger charge is -2.08. The summed E-state index contributed by atoms with van der Waals surface area (Å²) in [5.41, 5.74) is 3.27. The van der Waals surface area contributed by atoms with E-state index in [0.29, 0.717) is 10.6 Å². The highest BCUT2D eigenvalue weighted by Crippen LogP contribution is 2.23.